The highest BCUT2D eigenvalue weighted by molar-refractivity contribution is 5.44. The Hall–Kier alpha value is -2.01. The number of aryl methyl sites for hydroxylation is 1. The van der Waals surface area contributed by atoms with Gasteiger partial charge >= 0.3 is 0 Å². The summed E-state index contributed by atoms with van der Waals surface area (Å²) in [6.45, 7) is 1.53. The molecule has 2 nitrogen and oxygen atoms in total. The molecule has 0 amide bonds. The molecule has 0 saturated carbocycles. The lowest BCUT2D eigenvalue weighted by molar-refractivity contribution is 0.397. The Kier molecular flexibility index (Phi) is 4.53. The average molecular weight is 295 g/mol. The predicted octanol–water partition coefficient (Wildman–Crippen LogP) is 3.73. The van der Waals surface area contributed by atoms with Crippen molar-refractivity contribution in [1.29, 1.82) is 0 Å². The largest absolute Gasteiger partial charge is 0.496 e. The van der Waals surface area contributed by atoms with E-state index in [4.69, 9.17) is 4.74 Å². The van der Waals surface area contributed by atoms with Gasteiger partial charge in [-0.3, -0.25) is 0 Å². The van der Waals surface area contributed by atoms with E-state index in [1.165, 1.54) is 32.2 Å². The third-order valence-corrected chi connectivity index (χ3v) is 3.40. The summed E-state index contributed by atoms with van der Waals surface area (Å²) >= 11 is 0. The van der Waals surface area contributed by atoms with Crippen LogP contribution in [0.3, 0.4) is 0 Å². The van der Waals surface area contributed by atoms with Crippen LogP contribution in [-0.4, -0.2) is 14.2 Å². The molecule has 0 heterocycles. The molecule has 0 spiro atoms. The molecule has 1 N–H and O–H groups in total. The summed E-state index contributed by atoms with van der Waals surface area (Å²) in [5.41, 5.74) is 0.647. The first-order valence-electron chi connectivity index (χ1n) is 6.44. The summed E-state index contributed by atoms with van der Waals surface area (Å²) in [5, 5.41) is 2.86. The quantitative estimate of drug-likeness (QED) is 0.928. The third kappa shape index (κ3) is 2.88. The van der Waals surface area contributed by atoms with Crippen molar-refractivity contribution in [1.82, 2.24) is 5.32 Å². The molecule has 0 aliphatic rings. The van der Waals surface area contributed by atoms with E-state index < -0.39 is 23.5 Å². The lowest BCUT2D eigenvalue weighted by atomic mass is 9.95. The van der Waals surface area contributed by atoms with Crippen molar-refractivity contribution in [2.24, 2.45) is 0 Å². The second kappa shape index (κ2) is 6.18. The number of rotatable bonds is 4. The van der Waals surface area contributed by atoms with E-state index in [1.807, 2.05) is 0 Å². The van der Waals surface area contributed by atoms with Gasteiger partial charge in [-0.2, -0.15) is 0 Å². The highest BCUT2D eigenvalue weighted by Crippen LogP contribution is 2.34. The Morgan fingerprint density at radius 1 is 1.05 bits per heavy atom. The van der Waals surface area contributed by atoms with Crippen LogP contribution in [0.5, 0.6) is 5.75 Å². The monoisotopic (exact) mass is 295 g/mol. The number of ether oxygens (including phenoxy) is 1. The summed E-state index contributed by atoms with van der Waals surface area (Å²) in [6.07, 6.45) is 0. The molecule has 2 aromatic carbocycles. The Morgan fingerprint density at radius 3 is 2.38 bits per heavy atom. The summed E-state index contributed by atoms with van der Waals surface area (Å²) in [7, 11) is 2.99. The van der Waals surface area contributed by atoms with Crippen LogP contribution in [0.4, 0.5) is 13.2 Å². The summed E-state index contributed by atoms with van der Waals surface area (Å²) < 4.78 is 46.8. The molecule has 0 radical (unpaired) electrons. The fourth-order valence-corrected chi connectivity index (χ4v) is 2.33. The second-order valence-electron chi connectivity index (χ2n) is 4.70. The Morgan fingerprint density at radius 2 is 1.76 bits per heavy atom. The lowest BCUT2D eigenvalue weighted by Crippen LogP contribution is -2.21. The second-order valence-corrected chi connectivity index (χ2v) is 4.70. The number of halogens is 3. The van der Waals surface area contributed by atoms with Crippen LogP contribution in [0.25, 0.3) is 0 Å². The molecule has 0 fully saturated rings. The maximum atomic E-state index is 14.2. The normalized spacial score (nSPS) is 12.3. The number of benzene rings is 2. The summed E-state index contributed by atoms with van der Waals surface area (Å²) in [6, 6.07) is 5.78. The number of hydrogen-bond donors (Lipinski definition) is 1. The molecule has 1 unspecified atom stereocenters. The van der Waals surface area contributed by atoms with Gasteiger partial charge in [0.1, 0.15) is 23.2 Å². The molecular formula is C16H16F3NO. The van der Waals surface area contributed by atoms with E-state index in [0.29, 0.717) is 11.3 Å². The van der Waals surface area contributed by atoms with E-state index in [-0.39, 0.29) is 11.1 Å². The van der Waals surface area contributed by atoms with Crippen LogP contribution < -0.4 is 10.1 Å². The zero-order chi connectivity index (χ0) is 15.6. The zero-order valence-electron chi connectivity index (χ0n) is 12.0. The van der Waals surface area contributed by atoms with Crippen LogP contribution in [-0.2, 0) is 0 Å². The summed E-state index contributed by atoms with van der Waals surface area (Å²) in [5.74, 6) is -1.58. The van der Waals surface area contributed by atoms with Crippen molar-refractivity contribution in [2.45, 2.75) is 13.0 Å². The van der Waals surface area contributed by atoms with Crippen LogP contribution in [0.15, 0.2) is 30.3 Å². The van der Waals surface area contributed by atoms with Gasteiger partial charge in [0.25, 0.3) is 0 Å². The van der Waals surface area contributed by atoms with E-state index in [9.17, 15) is 13.2 Å². The fourth-order valence-electron chi connectivity index (χ4n) is 2.33. The number of hydrogen-bond acceptors (Lipinski definition) is 2. The van der Waals surface area contributed by atoms with Gasteiger partial charge in [-0.05, 0) is 37.7 Å². The van der Waals surface area contributed by atoms with Crippen molar-refractivity contribution in [3.05, 3.63) is 64.5 Å². The molecule has 0 aliphatic carbocycles. The maximum absolute atomic E-state index is 14.2. The van der Waals surface area contributed by atoms with Crippen LogP contribution in [0.2, 0.25) is 0 Å². The van der Waals surface area contributed by atoms with E-state index >= 15 is 0 Å². The first-order chi connectivity index (χ1) is 9.99. The van der Waals surface area contributed by atoms with Crippen molar-refractivity contribution < 1.29 is 17.9 Å². The summed E-state index contributed by atoms with van der Waals surface area (Å²) in [4.78, 5) is 0. The van der Waals surface area contributed by atoms with Crippen molar-refractivity contribution >= 4 is 0 Å². The fraction of sp³-hybridized carbons (Fsp3) is 0.250. The predicted molar refractivity (Wildman–Crippen MR) is 74.9 cm³/mol. The lowest BCUT2D eigenvalue weighted by Gasteiger charge is -2.21. The molecule has 112 valence electrons. The molecule has 0 bridgehead atoms. The molecule has 1 atom stereocenters. The number of methoxy groups -OCH3 is 1. The van der Waals surface area contributed by atoms with Crippen LogP contribution in [0, 0.1) is 24.4 Å². The maximum Gasteiger partial charge on any atom is 0.132 e. The Labute approximate surface area is 121 Å². The minimum atomic E-state index is -0.777. The Bertz CT molecular complexity index is 658. The van der Waals surface area contributed by atoms with Gasteiger partial charge in [0.2, 0.25) is 0 Å². The van der Waals surface area contributed by atoms with E-state index in [2.05, 4.69) is 5.32 Å². The van der Waals surface area contributed by atoms with Gasteiger partial charge in [-0.1, -0.05) is 6.07 Å². The zero-order valence-corrected chi connectivity index (χ0v) is 12.0. The van der Waals surface area contributed by atoms with Crippen molar-refractivity contribution in [3.63, 3.8) is 0 Å². The first-order valence-corrected chi connectivity index (χ1v) is 6.44. The Balaban J connectivity index is 2.63. The highest BCUT2D eigenvalue weighted by Gasteiger charge is 2.24. The minimum Gasteiger partial charge on any atom is -0.496 e. The first kappa shape index (κ1) is 15.4. The molecule has 21 heavy (non-hydrogen) atoms. The topological polar surface area (TPSA) is 21.3 Å². The van der Waals surface area contributed by atoms with Gasteiger partial charge in [-0.15, -0.1) is 0 Å². The molecule has 0 saturated heterocycles. The molecular weight excluding hydrogens is 279 g/mol. The standard InChI is InChI=1S/C16H16F3NO/c1-9-7-10(13(19)8-12(9)18)16(20-2)15-11(17)5-4-6-14(15)21-3/h4-8,16,20H,1-3H3. The van der Waals surface area contributed by atoms with E-state index in [0.717, 1.165) is 6.07 Å². The van der Waals surface area contributed by atoms with E-state index in [1.54, 1.807) is 13.1 Å². The van der Waals surface area contributed by atoms with Gasteiger partial charge in [0.05, 0.1) is 18.7 Å². The molecule has 5 heteroatoms. The number of nitrogens with one attached hydrogen (secondary N) is 1. The molecule has 0 aliphatic heterocycles. The highest BCUT2D eigenvalue weighted by atomic mass is 19.1. The third-order valence-electron chi connectivity index (χ3n) is 3.40. The van der Waals surface area contributed by atoms with Gasteiger partial charge in [0.15, 0.2) is 0 Å². The molecule has 2 aromatic rings. The van der Waals surface area contributed by atoms with Crippen molar-refractivity contribution in [3.8, 4) is 5.75 Å². The molecule has 2 rings (SSSR count). The average Bonchev–Trinajstić information content (AvgIpc) is 2.46. The smallest absolute Gasteiger partial charge is 0.132 e. The molecule has 0 aromatic heterocycles. The van der Waals surface area contributed by atoms with Crippen molar-refractivity contribution in [2.75, 3.05) is 14.2 Å². The van der Waals surface area contributed by atoms with Crippen LogP contribution in [0.1, 0.15) is 22.7 Å². The van der Waals surface area contributed by atoms with Gasteiger partial charge < -0.3 is 10.1 Å². The van der Waals surface area contributed by atoms with Gasteiger partial charge in [-0.25, -0.2) is 13.2 Å². The minimum absolute atomic E-state index is 0.166. The van der Waals surface area contributed by atoms with Crippen LogP contribution >= 0.6 is 0 Å². The SMILES string of the molecule is CNC(c1cc(C)c(F)cc1F)c1c(F)cccc1OC. The van der Waals surface area contributed by atoms with Gasteiger partial charge in [0, 0.05) is 11.6 Å².